The number of carbonyl (C=O) groups excluding carboxylic acids is 5. The second kappa shape index (κ2) is 13.2. The number of methoxy groups -OCH3 is 3. The number of imide groups is 4. The first-order valence-corrected chi connectivity index (χ1v) is 17.1. The molecule has 2 N–H and O–H groups in total. The van der Waals surface area contributed by atoms with Gasteiger partial charge in [-0.15, -0.1) is 0 Å². The maximum absolute atomic E-state index is 15.3. The van der Waals surface area contributed by atoms with Crippen LogP contribution in [0.15, 0.2) is 60.3 Å². The third-order valence-electron chi connectivity index (χ3n) is 10.7. The molecule has 0 radical (unpaired) electrons. The molecule has 0 spiro atoms. The number of aromatic hydroxyl groups is 1. The summed E-state index contributed by atoms with van der Waals surface area (Å²) in [6.07, 6.45) is -3.96. The lowest BCUT2D eigenvalue weighted by Crippen LogP contribution is -2.53. The van der Waals surface area contributed by atoms with Gasteiger partial charge in [0.1, 0.15) is 0 Å². The summed E-state index contributed by atoms with van der Waals surface area (Å²) in [5.41, 5.74) is 0.578. The maximum Gasteiger partial charge on any atom is 0.423 e. The summed E-state index contributed by atoms with van der Waals surface area (Å²) in [5.74, 6) is -9.73. The van der Waals surface area contributed by atoms with E-state index in [1.165, 1.54) is 38.5 Å². The van der Waals surface area contributed by atoms with Crippen LogP contribution in [0.1, 0.15) is 35.4 Å². The highest BCUT2D eigenvalue weighted by atomic mass is 35.5. The first kappa shape index (κ1) is 37.0. The SMILES string of the molecule is COC(=O)N1C(=O)[C@H]2[C@H](CC=C3[C@H]2C[C@H]2C(=O)N(Nc4ncc(C(F)(F)F)cc4Cl)C(=O)[C@@]2(c2ccc(Cl)cc2)[C@H]3c2cc(OC)c(O)c(OC)c2)C1=O. The van der Waals surface area contributed by atoms with Crippen LogP contribution in [-0.2, 0) is 35.5 Å². The minimum absolute atomic E-state index is 0.0199. The van der Waals surface area contributed by atoms with Gasteiger partial charge in [-0.05, 0) is 60.2 Å². The van der Waals surface area contributed by atoms with Crippen LogP contribution in [-0.4, -0.2) is 71.1 Å². The fourth-order valence-corrected chi connectivity index (χ4v) is 8.84. The number of likely N-dealkylation sites (tertiary alicyclic amines) is 1. The summed E-state index contributed by atoms with van der Waals surface area (Å²) in [5, 5.41) is 11.3. The number of allylic oxidation sites excluding steroid dienone is 2. The first-order chi connectivity index (χ1) is 25.6. The lowest BCUT2D eigenvalue weighted by atomic mass is 9.49. The molecule has 1 aromatic heterocycles. The number of phenols is 1. The van der Waals surface area contributed by atoms with E-state index in [0.717, 1.165) is 7.11 Å². The van der Waals surface area contributed by atoms with Crippen molar-refractivity contribution in [3.63, 3.8) is 0 Å². The second-order valence-corrected chi connectivity index (χ2v) is 14.0. The molecular formula is C36H29Cl2F3N4O9. The van der Waals surface area contributed by atoms with Crippen molar-refractivity contribution in [2.75, 3.05) is 26.8 Å². The molecule has 4 aliphatic rings. The zero-order valence-electron chi connectivity index (χ0n) is 28.4. The zero-order valence-corrected chi connectivity index (χ0v) is 30.0. The molecular weight excluding hydrogens is 760 g/mol. The van der Waals surface area contributed by atoms with E-state index in [2.05, 4.69) is 10.4 Å². The average molecular weight is 790 g/mol. The number of carbonyl (C=O) groups is 5. The Morgan fingerprint density at radius 2 is 1.61 bits per heavy atom. The molecule has 6 atom stereocenters. The van der Waals surface area contributed by atoms with Crippen molar-refractivity contribution in [2.24, 2.45) is 23.7 Å². The Labute approximate surface area is 314 Å². The Morgan fingerprint density at radius 1 is 0.963 bits per heavy atom. The molecule has 3 heterocycles. The number of benzene rings is 2. The lowest BCUT2D eigenvalue weighted by molar-refractivity contribution is -0.140. The van der Waals surface area contributed by atoms with Gasteiger partial charge in [-0.25, -0.2) is 9.78 Å². The molecule has 2 aromatic carbocycles. The number of rotatable bonds is 6. The van der Waals surface area contributed by atoms with Crippen molar-refractivity contribution < 1.29 is 56.5 Å². The minimum Gasteiger partial charge on any atom is -0.502 e. The Balaban J connectivity index is 1.47. The smallest absolute Gasteiger partial charge is 0.423 e. The van der Waals surface area contributed by atoms with Gasteiger partial charge < -0.3 is 19.3 Å². The van der Waals surface area contributed by atoms with E-state index < -0.39 is 87.3 Å². The van der Waals surface area contributed by atoms with E-state index in [4.69, 9.17) is 37.4 Å². The zero-order chi connectivity index (χ0) is 39.0. The van der Waals surface area contributed by atoms with Gasteiger partial charge in [0.15, 0.2) is 17.3 Å². The van der Waals surface area contributed by atoms with Gasteiger partial charge in [0.05, 0.1) is 55.1 Å². The molecule has 0 bridgehead atoms. The standard InChI is InChI=1S/C36H29Cl2F3N4O9/c1-52-24-10-15(11-25(53-2)28(24)46)27-19-8-9-20-26(32(49)44(30(20)47)34(51)54-3)21(19)13-22-31(48)45(33(50)35(22,27)16-4-6-18(37)7-5-16)43-29-23(38)12-17(14-42-29)36(39,40)41/h4-8,10-12,14,20-22,26-27,46H,9,13H2,1-3H3,(H,42,43)/t20-,21+,22-,26-,27-,35+/m0/s1. The number of aromatic nitrogens is 1. The summed E-state index contributed by atoms with van der Waals surface area (Å²) in [6.45, 7) is 0. The predicted molar refractivity (Wildman–Crippen MR) is 182 cm³/mol. The summed E-state index contributed by atoms with van der Waals surface area (Å²) in [7, 11) is 3.62. The molecule has 13 nitrogen and oxygen atoms in total. The van der Waals surface area contributed by atoms with Crippen LogP contribution in [0.5, 0.6) is 17.2 Å². The summed E-state index contributed by atoms with van der Waals surface area (Å²) in [6, 6.07) is 9.66. The van der Waals surface area contributed by atoms with Crippen LogP contribution in [0.3, 0.4) is 0 Å². The average Bonchev–Trinajstić information content (AvgIpc) is 3.52. The Bertz CT molecular complexity index is 2140. The van der Waals surface area contributed by atoms with Gasteiger partial charge >= 0.3 is 12.3 Å². The lowest BCUT2D eigenvalue weighted by Gasteiger charge is -2.50. The van der Waals surface area contributed by atoms with E-state index in [1.54, 1.807) is 18.2 Å². The highest BCUT2D eigenvalue weighted by Crippen LogP contribution is 2.65. The number of phenolic OH excluding ortho intramolecular Hbond substituents is 1. The molecule has 18 heteroatoms. The highest BCUT2D eigenvalue weighted by Gasteiger charge is 2.71. The number of nitrogens with one attached hydrogen (secondary N) is 1. The number of hydrogen-bond donors (Lipinski definition) is 2. The van der Waals surface area contributed by atoms with Gasteiger partial charge in [0.25, 0.3) is 11.8 Å². The third kappa shape index (κ3) is 5.36. The first-order valence-electron chi connectivity index (χ1n) is 16.3. The molecule has 54 heavy (non-hydrogen) atoms. The molecule has 3 fully saturated rings. The van der Waals surface area contributed by atoms with Crippen molar-refractivity contribution in [1.29, 1.82) is 0 Å². The Kier molecular flexibility index (Phi) is 9.04. The largest absolute Gasteiger partial charge is 0.502 e. The van der Waals surface area contributed by atoms with Crippen LogP contribution < -0.4 is 14.9 Å². The van der Waals surface area contributed by atoms with Crippen molar-refractivity contribution in [2.45, 2.75) is 30.4 Å². The van der Waals surface area contributed by atoms with E-state index in [1.807, 2.05) is 0 Å². The fraction of sp³-hybridized carbons (Fsp3) is 0.333. The van der Waals surface area contributed by atoms with Crippen molar-refractivity contribution in [1.82, 2.24) is 14.9 Å². The van der Waals surface area contributed by atoms with Crippen LogP contribution >= 0.6 is 23.2 Å². The second-order valence-electron chi connectivity index (χ2n) is 13.2. The number of hydrogen-bond acceptors (Lipinski definition) is 11. The number of alkyl halides is 3. The van der Waals surface area contributed by atoms with Gasteiger partial charge in [-0.3, -0.25) is 24.6 Å². The van der Waals surface area contributed by atoms with Crippen LogP contribution in [0.4, 0.5) is 23.8 Å². The van der Waals surface area contributed by atoms with Crippen LogP contribution in [0, 0.1) is 23.7 Å². The van der Waals surface area contributed by atoms with Gasteiger partial charge in [-0.2, -0.15) is 23.1 Å². The third-order valence-corrected chi connectivity index (χ3v) is 11.3. The van der Waals surface area contributed by atoms with Crippen molar-refractivity contribution in [3.8, 4) is 17.2 Å². The van der Waals surface area contributed by atoms with Crippen LogP contribution in [0.25, 0.3) is 0 Å². The molecule has 2 aliphatic heterocycles. The predicted octanol–water partition coefficient (Wildman–Crippen LogP) is 5.88. The maximum atomic E-state index is 15.3. The summed E-state index contributed by atoms with van der Waals surface area (Å²) in [4.78, 5) is 74.4. The van der Waals surface area contributed by atoms with E-state index >= 15 is 4.79 Å². The van der Waals surface area contributed by atoms with Crippen molar-refractivity contribution in [3.05, 3.63) is 87.0 Å². The Morgan fingerprint density at radius 3 is 2.19 bits per heavy atom. The number of amides is 5. The molecule has 7 rings (SSSR count). The topological polar surface area (TPSA) is 165 Å². The fourth-order valence-electron chi connectivity index (χ4n) is 8.51. The van der Waals surface area contributed by atoms with Gasteiger partial charge in [0.2, 0.25) is 17.6 Å². The number of hydrazine groups is 1. The van der Waals surface area contributed by atoms with Crippen molar-refractivity contribution >= 4 is 58.7 Å². The van der Waals surface area contributed by atoms with E-state index in [9.17, 15) is 37.5 Å². The number of anilines is 1. The van der Waals surface area contributed by atoms with Gasteiger partial charge in [-0.1, -0.05) is 47.0 Å². The van der Waals surface area contributed by atoms with E-state index in [-0.39, 0.29) is 30.1 Å². The molecule has 1 saturated carbocycles. The molecule has 5 amide bonds. The monoisotopic (exact) mass is 788 g/mol. The van der Waals surface area contributed by atoms with Gasteiger partial charge in [0, 0.05) is 17.1 Å². The Hall–Kier alpha value is -5.35. The van der Waals surface area contributed by atoms with E-state index in [0.29, 0.717) is 43.9 Å². The molecule has 2 aliphatic carbocycles. The highest BCUT2D eigenvalue weighted by molar-refractivity contribution is 6.33. The van der Waals surface area contributed by atoms with Crippen LogP contribution in [0.2, 0.25) is 10.0 Å². The minimum atomic E-state index is -4.79. The number of ether oxygens (including phenoxy) is 3. The number of halogens is 5. The number of nitrogens with zero attached hydrogens (tertiary/aromatic N) is 3. The quantitative estimate of drug-likeness (QED) is 0.226. The summed E-state index contributed by atoms with van der Waals surface area (Å²) >= 11 is 12.5. The normalized spacial score (nSPS) is 26.2. The summed E-state index contributed by atoms with van der Waals surface area (Å²) < 4.78 is 56.0. The molecule has 0 unspecified atom stereocenters. The number of pyridine rings is 1. The number of fused-ring (bicyclic) bond motifs is 4. The molecule has 2 saturated heterocycles. The molecule has 282 valence electrons. The molecule has 3 aromatic rings.